The molecule has 1 heterocycles. The quantitative estimate of drug-likeness (QED) is 0.645. The Labute approximate surface area is 66.3 Å². The maximum absolute atomic E-state index is 11.1. The molecular weight excluding hydrogens is 138 g/mol. The Balaban J connectivity index is 2.72. The van der Waals surface area contributed by atoms with Gasteiger partial charge in [-0.2, -0.15) is 0 Å². The number of carbonyl (C=O) groups excluding carboxylic acids is 1. The minimum Gasteiger partial charge on any atom is -0.359 e. The molecule has 1 rings (SSSR count). The standard InChI is InChI=1S/C9H11NO/c1-2-9(11)8-6-4-3-5-7-10-8/h3-7,10H,2H2,1H3. The molecule has 0 fully saturated rings. The molecule has 0 aromatic carbocycles. The average Bonchev–Trinajstić information content (AvgIpc) is 2.30. The van der Waals surface area contributed by atoms with Crippen molar-refractivity contribution in [3.63, 3.8) is 0 Å². The van der Waals surface area contributed by atoms with Gasteiger partial charge in [-0.25, -0.2) is 0 Å². The summed E-state index contributed by atoms with van der Waals surface area (Å²) in [5, 5.41) is 2.90. The van der Waals surface area contributed by atoms with Crippen LogP contribution in [0, 0.1) is 0 Å². The lowest BCUT2D eigenvalue weighted by Gasteiger charge is -2.00. The van der Waals surface area contributed by atoms with Crippen molar-refractivity contribution in [2.75, 3.05) is 0 Å². The molecule has 0 atom stereocenters. The van der Waals surface area contributed by atoms with Crippen LogP contribution in [0.5, 0.6) is 0 Å². The molecule has 0 aromatic heterocycles. The molecular formula is C9H11NO. The third-order valence-electron chi connectivity index (χ3n) is 1.44. The third-order valence-corrected chi connectivity index (χ3v) is 1.44. The number of hydrogen-bond donors (Lipinski definition) is 1. The number of rotatable bonds is 2. The zero-order chi connectivity index (χ0) is 8.10. The van der Waals surface area contributed by atoms with Crippen LogP contribution in [0.25, 0.3) is 0 Å². The second-order valence-corrected chi connectivity index (χ2v) is 2.25. The fraction of sp³-hybridized carbons (Fsp3) is 0.222. The number of hydrogen-bond acceptors (Lipinski definition) is 2. The highest BCUT2D eigenvalue weighted by molar-refractivity contribution is 5.95. The van der Waals surface area contributed by atoms with Gasteiger partial charge >= 0.3 is 0 Å². The van der Waals surface area contributed by atoms with Crippen molar-refractivity contribution in [3.8, 4) is 0 Å². The Morgan fingerprint density at radius 1 is 1.45 bits per heavy atom. The number of nitrogens with one attached hydrogen (secondary N) is 1. The van der Waals surface area contributed by atoms with Crippen molar-refractivity contribution in [2.24, 2.45) is 0 Å². The predicted molar refractivity (Wildman–Crippen MR) is 44.8 cm³/mol. The van der Waals surface area contributed by atoms with Crippen LogP contribution >= 0.6 is 0 Å². The number of ketones is 1. The summed E-state index contributed by atoms with van der Waals surface area (Å²) in [4.78, 5) is 11.1. The van der Waals surface area contributed by atoms with Crippen LogP contribution in [0.1, 0.15) is 13.3 Å². The molecule has 1 aliphatic heterocycles. The molecule has 2 nitrogen and oxygen atoms in total. The van der Waals surface area contributed by atoms with Gasteiger partial charge in [-0.1, -0.05) is 19.1 Å². The summed E-state index contributed by atoms with van der Waals surface area (Å²) in [5.74, 6) is 0.140. The first kappa shape index (κ1) is 7.79. The minimum absolute atomic E-state index is 0.140. The fourth-order valence-electron chi connectivity index (χ4n) is 0.821. The molecule has 2 heteroatoms. The Morgan fingerprint density at radius 3 is 3.00 bits per heavy atom. The summed E-state index contributed by atoms with van der Waals surface area (Å²) in [6.45, 7) is 1.85. The van der Waals surface area contributed by atoms with Crippen LogP contribution < -0.4 is 5.32 Å². The highest BCUT2D eigenvalue weighted by Gasteiger charge is 2.03. The van der Waals surface area contributed by atoms with E-state index in [1.54, 1.807) is 12.3 Å². The molecule has 1 aliphatic rings. The first-order valence-corrected chi connectivity index (χ1v) is 3.68. The Hall–Kier alpha value is -1.31. The van der Waals surface area contributed by atoms with Gasteiger partial charge < -0.3 is 5.32 Å². The molecule has 0 aromatic rings. The van der Waals surface area contributed by atoms with E-state index >= 15 is 0 Å². The lowest BCUT2D eigenvalue weighted by Crippen LogP contribution is -2.13. The molecule has 58 valence electrons. The molecule has 0 radical (unpaired) electrons. The van der Waals surface area contributed by atoms with E-state index in [0.29, 0.717) is 12.1 Å². The van der Waals surface area contributed by atoms with E-state index in [-0.39, 0.29) is 5.78 Å². The summed E-state index contributed by atoms with van der Waals surface area (Å²) < 4.78 is 0. The molecule has 0 bridgehead atoms. The van der Waals surface area contributed by atoms with Crippen LogP contribution in [-0.2, 0) is 4.79 Å². The van der Waals surface area contributed by atoms with Crippen LogP contribution in [0.4, 0.5) is 0 Å². The predicted octanol–water partition coefficient (Wildman–Crippen LogP) is 1.52. The molecule has 1 N–H and O–H groups in total. The Morgan fingerprint density at radius 2 is 2.27 bits per heavy atom. The van der Waals surface area contributed by atoms with Crippen molar-refractivity contribution in [2.45, 2.75) is 13.3 Å². The van der Waals surface area contributed by atoms with Gasteiger partial charge in [-0.15, -0.1) is 0 Å². The lowest BCUT2D eigenvalue weighted by atomic mass is 10.2. The Kier molecular flexibility index (Phi) is 2.66. The Bertz CT molecular complexity index is 236. The van der Waals surface area contributed by atoms with Crippen molar-refractivity contribution in [1.82, 2.24) is 5.32 Å². The van der Waals surface area contributed by atoms with E-state index in [9.17, 15) is 4.79 Å². The maximum atomic E-state index is 11.1. The summed E-state index contributed by atoms with van der Waals surface area (Å²) in [7, 11) is 0. The maximum Gasteiger partial charge on any atom is 0.178 e. The molecule has 0 spiro atoms. The van der Waals surface area contributed by atoms with Gasteiger partial charge in [0.1, 0.15) is 0 Å². The van der Waals surface area contributed by atoms with E-state index < -0.39 is 0 Å². The first-order valence-electron chi connectivity index (χ1n) is 3.68. The minimum atomic E-state index is 0.140. The lowest BCUT2D eigenvalue weighted by molar-refractivity contribution is -0.115. The second-order valence-electron chi connectivity index (χ2n) is 2.25. The molecule has 0 unspecified atom stereocenters. The van der Waals surface area contributed by atoms with Crippen molar-refractivity contribution >= 4 is 5.78 Å². The normalized spacial score (nSPS) is 15.2. The van der Waals surface area contributed by atoms with E-state index in [0.717, 1.165) is 0 Å². The van der Waals surface area contributed by atoms with Gasteiger partial charge in [-0.3, -0.25) is 4.79 Å². The molecule has 0 aliphatic carbocycles. The van der Waals surface area contributed by atoms with Crippen molar-refractivity contribution in [1.29, 1.82) is 0 Å². The van der Waals surface area contributed by atoms with Gasteiger partial charge in [0, 0.05) is 12.6 Å². The smallest absolute Gasteiger partial charge is 0.178 e. The van der Waals surface area contributed by atoms with Crippen molar-refractivity contribution < 1.29 is 4.79 Å². The van der Waals surface area contributed by atoms with E-state index in [2.05, 4.69) is 5.32 Å². The molecule has 0 saturated heterocycles. The zero-order valence-corrected chi connectivity index (χ0v) is 6.50. The zero-order valence-electron chi connectivity index (χ0n) is 6.50. The van der Waals surface area contributed by atoms with Gasteiger partial charge in [0.25, 0.3) is 0 Å². The van der Waals surface area contributed by atoms with Gasteiger partial charge in [0.2, 0.25) is 0 Å². The van der Waals surface area contributed by atoms with Crippen molar-refractivity contribution in [3.05, 3.63) is 36.2 Å². The summed E-state index contributed by atoms with van der Waals surface area (Å²) in [5.41, 5.74) is 0.664. The number of carbonyl (C=O) groups is 1. The highest BCUT2D eigenvalue weighted by Crippen LogP contribution is 1.99. The summed E-state index contributed by atoms with van der Waals surface area (Å²) in [6, 6.07) is 0. The second kappa shape index (κ2) is 3.76. The molecule has 11 heavy (non-hydrogen) atoms. The van der Waals surface area contributed by atoms with Crippen LogP contribution in [-0.4, -0.2) is 5.78 Å². The summed E-state index contributed by atoms with van der Waals surface area (Å²) in [6.07, 6.45) is 9.66. The third kappa shape index (κ3) is 2.08. The summed E-state index contributed by atoms with van der Waals surface area (Å²) >= 11 is 0. The monoisotopic (exact) mass is 149 g/mol. The van der Waals surface area contributed by atoms with Gasteiger partial charge in [0.15, 0.2) is 5.78 Å². The number of Topliss-reactive ketones (excluding diaryl/α,β-unsaturated/α-hetero) is 1. The van der Waals surface area contributed by atoms with E-state index in [1.807, 2.05) is 25.2 Å². The topological polar surface area (TPSA) is 29.1 Å². The van der Waals surface area contributed by atoms with Crippen LogP contribution in [0.3, 0.4) is 0 Å². The highest BCUT2D eigenvalue weighted by atomic mass is 16.1. The largest absolute Gasteiger partial charge is 0.359 e. The SMILES string of the molecule is CCC(=O)C1=CC=CC=CN1. The number of allylic oxidation sites excluding steroid dienone is 5. The van der Waals surface area contributed by atoms with E-state index in [4.69, 9.17) is 0 Å². The van der Waals surface area contributed by atoms with Crippen LogP contribution in [0.2, 0.25) is 0 Å². The molecule has 0 amide bonds. The van der Waals surface area contributed by atoms with E-state index in [1.165, 1.54) is 0 Å². The first-order chi connectivity index (χ1) is 5.34. The molecule has 0 saturated carbocycles. The van der Waals surface area contributed by atoms with Gasteiger partial charge in [-0.05, 0) is 12.2 Å². The van der Waals surface area contributed by atoms with Gasteiger partial charge in [0.05, 0.1) is 5.70 Å². The van der Waals surface area contributed by atoms with Crippen LogP contribution in [0.15, 0.2) is 36.2 Å². The average molecular weight is 149 g/mol. The fourth-order valence-corrected chi connectivity index (χ4v) is 0.821.